The van der Waals surface area contributed by atoms with E-state index in [2.05, 4.69) is 5.32 Å². The number of phenolic OH excluding ortho intramolecular Hbond substituents is 1. The van der Waals surface area contributed by atoms with E-state index in [1.165, 1.54) is 11.0 Å². The predicted molar refractivity (Wildman–Crippen MR) is 190 cm³/mol. The van der Waals surface area contributed by atoms with Gasteiger partial charge in [0, 0.05) is 37.8 Å². The number of aromatic hydroxyl groups is 1. The van der Waals surface area contributed by atoms with E-state index in [4.69, 9.17) is 15.2 Å². The normalized spacial score (nSPS) is 22.5. The number of hydrogen-bond acceptors (Lipinski definition) is 14. The van der Waals surface area contributed by atoms with Gasteiger partial charge in [-0.2, -0.15) is 0 Å². The third-order valence-corrected chi connectivity index (χ3v) is 9.81. The molecule has 3 amide bonds. The fourth-order valence-electron chi connectivity index (χ4n) is 7.18. The highest BCUT2D eigenvalue weighted by atomic mass is 16.7. The summed E-state index contributed by atoms with van der Waals surface area (Å²) in [5, 5.41) is 48.6. The number of primary amides is 1. The number of aliphatic hydroxyl groups is 3. The Morgan fingerprint density at radius 1 is 1.06 bits per heavy atom. The second kappa shape index (κ2) is 15.1. The van der Waals surface area contributed by atoms with E-state index in [-0.39, 0.29) is 36.2 Å². The maximum Gasteiger partial charge on any atom is 0.413 e. The van der Waals surface area contributed by atoms with Crippen LogP contribution in [0.2, 0.25) is 0 Å². The number of nitrogens with one attached hydrogen (secondary N) is 1. The number of aliphatic hydroxyl groups excluding tert-OH is 2. The fourth-order valence-corrected chi connectivity index (χ4v) is 7.18. The molecule has 17 heteroatoms. The number of carbonyl (C=O) groups is 6. The summed E-state index contributed by atoms with van der Waals surface area (Å²) in [7, 11) is 6.44. The molecule has 53 heavy (non-hydrogen) atoms. The number of ketones is 2. The van der Waals surface area contributed by atoms with E-state index < -0.39 is 101 Å². The van der Waals surface area contributed by atoms with Crippen molar-refractivity contribution in [2.75, 3.05) is 58.3 Å². The monoisotopic (exact) mass is 743 g/mol. The Morgan fingerprint density at radius 2 is 1.70 bits per heavy atom. The lowest BCUT2D eigenvalue weighted by Crippen LogP contribution is -2.63. The van der Waals surface area contributed by atoms with Gasteiger partial charge in [-0.05, 0) is 71.7 Å². The minimum absolute atomic E-state index is 0.0419. The van der Waals surface area contributed by atoms with E-state index in [0.29, 0.717) is 24.1 Å². The van der Waals surface area contributed by atoms with E-state index in [1.54, 1.807) is 53.9 Å². The molecule has 0 fully saturated rings. The summed E-state index contributed by atoms with van der Waals surface area (Å²) in [5.41, 5.74) is 0.791. The summed E-state index contributed by atoms with van der Waals surface area (Å²) in [5.74, 6) is -9.29. The number of carbonyl (C=O) groups excluding carboxylic acids is 6. The van der Waals surface area contributed by atoms with Crippen LogP contribution in [0.15, 0.2) is 28.7 Å². The van der Waals surface area contributed by atoms with Gasteiger partial charge in [0.05, 0.1) is 22.7 Å². The van der Waals surface area contributed by atoms with Gasteiger partial charge in [-0.25, -0.2) is 4.79 Å². The Hall–Kier alpha value is -5.16. The van der Waals surface area contributed by atoms with Crippen molar-refractivity contribution in [3.8, 4) is 5.75 Å². The minimum atomic E-state index is -2.81. The first-order valence-electron chi connectivity index (χ1n) is 17.2. The molecule has 0 aliphatic heterocycles. The molecule has 290 valence electrons. The van der Waals surface area contributed by atoms with Gasteiger partial charge in [-0.3, -0.25) is 33.8 Å². The number of anilines is 2. The van der Waals surface area contributed by atoms with Crippen LogP contribution in [0.25, 0.3) is 0 Å². The molecule has 0 aromatic heterocycles. The van der Waals surface area contributed by atoms with Gasteiger partial charge >= 0.3 is 12.1 Å². The number of allylic oxidation sites excluding steroid dienone is 1. The Labute approximate surface area is 307 Å². The quantitative estimate of drug-likeness (QED) is 0.0820. The second-order valence-electron chi connectivity index (χ2n) is 15.0. The summed E-state index contributed by atoms with van der Waals surface area (Å²) < 4.78 is 10.1. The van der Waals surface area contributed by atoms with Gasteiger partial charge in [0.15, 0.2) is 17.1 Å². The van der Waals surface area contributed by atoms with E-state index in [0.717, 1.165) is 4.90 Å². The third kappa shape index (κ3) is 7.40. The molecule has 0 heterocycles. The van der Waals surface area contributed by atoms with Crippen molar-refractivity contribution >= 4 is 46.8 Å². The van der Waals surface area contributed by atoms with Gasteiger partial charge in [0.2, 0.25) is 18.5 Å². The number of fused-ring (bicyclic) bond motifs is 3. The van der Waals surface area contributed by atoms with Crippen LogP contribution in [0.4, 0.5) is 16.2 Å². The van der Waals surface area contributed by atoms with Crippen molar-refractivity contribution in [1.29, 1.82) is 0 Å². The lowest BCUT2D eigenvalue weighted by Gasteiger charge is -2.50. The molecule has 0 unspecified atom stereocenters. The molecule has 7 N–H and O–H groups in total. The molecule has 0 saturated heterocycles. The average Bonchev–Trinajstić information content (AvgIpc) is 3.04. The van der Waals surface area contributed by atoms with Crippen molar-refractivity contribution in [1.82, 2.24) is 9.80 Å². The molecule has 3 aliphatic carbocycles. The third-order valence-electron chi connectivity index (χ3n) is 9.81. The lowest BCUT2D eigenvalue weighted by atomic mass is 9.58. The number of nitrogens with zero attached hydrogens (tertiary/aromatic N) is 3. The van der Waals surface area contributed by atoms with Gasteiger partial charge in [0.25, 0.3) is 5.91 Å². The average molecular weight is 744 g/mol. The smallest absolute Gasteiger partial charge is 0.413 e. The maximum atomic E-state index is 14.3. The maximum absolute atomic E-state index is 14.3. The van der Waals surface area contributed by atoms with Crippen molar-refractivity contribution in [3.05, 3.63) is 39.9 Å². The van der Waals surface area contributed by atoms with Crippen molar-refractivity contribution in [3.63, 3.8) is 0 Å². The topological polar surface area (TPSA) is 250 Å². The number of ether oxygens (including phenoxy) is 2. The van der Waals surface area contributed by atoms with Gasteiger partial charge in [-0.15, -0.1) is 0 Å². The van der Waals surface area contributed by atoms with Crippen LogP contribution in [0.3, 0.4) is 0 Å². The SMILES string of the molecule is CCCCN(CC(=O)Nc1cc(N(C)C)c2c(c1O)C(=O)C1=C(O)[C@]3(O)C(=O)C(C(N)=O)=C(O)[C@@H](N(C)C)[C@@H]3C[C@@H]1C2)C(=O)OCOC(=O)C(C)(C)C. The highest BCUT2D eigenvalue weighted by Gasteiger charge is 2.63. The van der Waals surface area contributed by atoms with E-state index in [9.17, 15) is 49.2 Å². The molecular weight excluding hydrogens is 694 g/mol. The molecule has 4 atom stereocenters. The molecule has 0 bridgehead atoms. The minimum Gasteiger partial charge on any atom is -0.510 e. The summed E-state index contributed by atoms with van der Waals surface area (Å²) >= 11 is 0. The summed E-state index contributed by atoms with van der Waals surface area (Å²) in [6.45, 7) is 5.70. The highest BCUT2D eigenvalue weighted by Crippen LogP contribution is 2.54. The summed E-state index contributed by atoms with van der Waals surface area (Å²) in [6.07, 6.45) is 0.214. The second-order valence-corrected chi connectivity index (χ2v) is 15.0. The van der Waals surface area contributed by atoms with Crippen LogP contribution in [-0.4, -0.2) is 125 Å². The number of Topliss-reactive ketones (excluding diaryl/α,β-unsaturated/α-hetero) is 2. The zero-order valence-electron chi connectivity index (χ0n) is 31.2. The zero-order valence-corrected chi connectivity index (χ0v) is 31.2. The molecule has 4 rings (SSSR count). The molecular formula is C36H49N5O12. The summed E-state index contributed by atoms with van der Waals surface area (Å²) in [6, 6.07) is 0.321. The molecule has 0 radical (unpaired) electrons. The number of nitrogens with two attached hydrogens (primary N) is 1. The molecule has 0 spiro atoms. The first-order valence-corrected chi connectivity index (χ1v) is 17.2. The Morgan fingerprint density at radius 3 is 2.25 bits per heavy atom. The zero-order chi connectivity index (χ0) is 39.9. The molecule has 17 nitrogen and oxygen atoms in total. The molecule has 1 aromatic carbocycles. The highest BCUT2D eigenvalue weighted by molar-refractivity contribution is 6.25. The number of rotatable bonds is 11. The first kappa shape index (κ1) is 40.6. The Balaban J connectivity index is 1.70. The van der Waals surface area contributed by atoms with E-state index in [1.807, 2.05) is 6.92 Å². The van der Waals surface area contributed by atoms with Gasteiger partial charge < -0.3 is 45.9 Å². The largest absolute Gasteiger partial charge is 0.510 e. The van der Waals surface area contributed by atoms with Crippen LogP contribution in [-0.2, 0) is 35.1 Å². The number of hydrogen-bond donors (Lipinski definition) is 6. The van der Waals surface area contributed by atoms with Crippen LogP contribution in [0.5, 0.6) is 5.75 Å². The van der Waals surface area contributed by atoms with Gasteiger partial charge in [0.1, 0.15) is 23.6 Å². The van der Waals surface area contributed by atoms with Crippen molar-refractivity contribution < 1.29 is 58.7 Å². The molecule has 3 aliphatic rings. The molecule has 0 saturated carbocycles. The fraction of sp³-hybridized carbons (Fsp3) is 0.556. The predicted octanol–water partition coefficient (Wildman–Crippen LogP) is 1.91. The van der Waals surface area contributed by atoms with Crippen LogP contribution in [0.1, 0.15) is 62.9 Å². The lowest BCUT2D eigenvalue weighted by molar-refractivity contribution is -0.162. The van der Waals surface area contributed by atoms with E-state index >= 15 is 0 Å². The standard InChI is InChI=1S/C36H49N5O12/c1-9-10-11-41(34(50)53-16-52-33(49)35(2,3)4)15-22(42)38-20-14-21(39(5)6)18-12-17-13-19-26(40(7)8)29(45)25(32(37)48)31(47)36(19,51)30(46)23(17)28(44)24(18)27(20)43/h14,17,19,26,43,45-46,51H,9-13,15-16H2,1-8H3,(H2,37,48)(H,38,42)/t17-,19-,26-,36-/m0/s1. The molecule has 1 aromatic rings. The Kier molecular flexibility index (Phi) is 11.5. The summed E-state index contributed by atoms with van der Waals surface area (Å²) in [4.78, 5) is 82.7. The van der Waals surface area contributed by atoms with Gasteiger partial charge in [-0.1, -0.05) is 13.3 Å². The number of amides is 3. The van der Waals surface area contributed by atoms with Crippen LogP contribution in [0, 0.1) is 17.3 Å². The van der Waals surface area contributed by atoms with Crippen molar-refractivity contribution in [2.45, 2.75) is 65.0 Å². The number of benzene rings is 1. The van der Waals surface area contributed by atoms with Crippen LogP contribution < -0.4 is 16.0 Å². The van der Waals surface area contributed by atoms with Crippen molar-refractivity contribution in [2.24, 2.45) is 23.0 Å². The number of phenols is 1. The number of unbranched alkanes of at least 4 members (excludes halogenated alkanes) is 1. The number of esters is 1. The van der Waals surface area contributed by atoms with Crippen LogP contribution >= 0.6 is 0 Å². The number of likely N-dealkylation sites (N-methyl/N-ethyl adjacent to an activating group) is 1. The first-order chi connectivity index (χ1) is 24.6. The Bertz CT molecular complexity index is 1790.